The molecule has 3 aliphatic rings. The summed E-state index contributed by atoms with van der Waals surface area (Å²) in [5, 5.41) is 0. The molecule has 3 rings (SSSR count). The Morgan fingerprint density at radius 2 is 1.05 bits per heavy atom. The summed E-state index contributed by atoms with van der Waals surface area (Å²) in [6.45, 7) is 8.35. The van der Waals surface area contributed by atoms with Gasteiger partial charge in [-0.15, -0.1) is 0 Å². The van der Waals surface area contributed by atoms with Gasteiger partial charge in [0.1, 0.15) is 0 Å². The van der Waals surface area contributed by atoms with Crippen molar-refractivity contribution in [1.82, 2.24) is 0 Å². The number of piperidine rings is 1. The molecule has 2 nitrogen and oxygen atoms in total. The summed E-state index contributed by atoms with van der Waals surface area (Å²) in [5.74, 6) is 1.00. The molecule has 2 heteroatoms. The second kappa shape index (κ2) is 7.26. The van der Waals surface area contributed by atoms with Gasteiger partial charge < -0.3 is 9.80 Å². The number of nitrogens with one attached hydrogen (secondary N) is 2. The van der Waals surface area contributed by atoms with Gasteiger partial charge in [-0.2, -0.15) is 0 Å². The highest BCUT2D eigenvalue weighted by Crippen LogP contribution is 2.22. The highest BCUT2D eigenvalue weighted by atomic mass is 15.2. The normalized spacial score (nSPS) is 41.2. The molecule has 1 aliphatic carbocycles. The molecule has 2 N–H and O–H groups in total. The Hall–Kier alpha value is -0.0800. The molecule has 3 fully saturated rings. The van der Waals surface area contributed by atoms with Gasteiger partial charge in [-0.05, 0) is 57.3 Å². The molecule has 0 radical (unpaired) electrons. The average Bonchev–Trinajstić information content (AvgIpc) is 2.77. The minimum atomic E-state index is 1.00. The Morgan fingerprint density at radius 3 is 1.65 bits per heavy atom. The Balaban J connectivity index is 1.44. The maximum absolute atomic E-state index is 2.44. The first-order valence-electron chi connectivity index (χ1n) is 9.52. The van der Waals surface area contributed by atoms with Crippen molar-refractivity contribution in [2.75, 3.05) is 26.2 Å². The Morgan fingerprint density at radius 1 is 0.550 bits per heavy atom. The summed E-state index contributed by atoms with van der Waals surface area (Å²) in [6.07, 6.45) is 15.0. The second-order valence-electron chi connectivity index (χ2n) is 7.96. The summed E-state index contributed by atoms with van der Waals surface area (Å²) in [6, 6.07) is 2.03. The van der Waals surface area contributed by atoms with E-state index in [0.717, 1.165) is 18.0 Å². The van der Waals surface area contributed by atoms with Crippen LogP contribution < -0.4 is 9.80 Å². The van der Waals surface area contributed by atoms with Crippen molar-refractivity contribution in [3.8, 4) is 0 Å². The van der Waals surface area contributed by atoms with Crippen molar-refractivity contribution < 1.29 is 9.80 Å². The Labute approximate surface area is 125 Å². The smallest absolute Gasteiger partial charge is 0.0983 e. The summed E-state index contributed by atoms with van der Waals surface area (Å²) in [7, 11) is 0. The van der Waals surface area contributed by atoms with E-state index >= 15 is 0 Å². The first kappa shape index (κ1) is 14.8. The summed E-state index contributed by atoms with van der Waals surface area (Å²) in [5.41, 5.74) is 0. The maximum Gasteiger partial charge on any atom is 0.0983 e. The van der Waals surface area contributed by atoms with Gasteiger partial charge >= 0.3 is 0 Å². The number of hydrogen-bond donors (Lipinski definition) is 2. The lowest BCUT2D eigenvalue weighted by atomic mass is 9.85. The van der Waals surface area contributed by atoms with Gasteiger partial charge in [-0.1, -0.05) is 6.92 Å². The van der Waals surface area contributed by atoms with Crippen LogP contribution in [0.15, 0.2) is 0 Å². The van der Waals surface area contributed by atoms with Crippen LogP contribution in [0.25, 0.3) is 0 Å². The maximum atomic E-state index is 2.44. The molecule has 0 bridgehead atoms. The van der Waals surface area contributed by atoms with Crippen molar-refractivity contribution in [3.05, 3.63) is 0 Å². The van der Waals surface area contributed by atoms with Gasteiger partial charge in [0.05, 0.1) is 38.3 Å². The van der Waals surface area contributed by atoms with Gasteiger partial charge in [-0.25, -0.2) is 0 Å². The van der Waals surface area contributed by atoms with E-state index in [1.54, 1.807) is 0 Å². The number of hydrogen-bond acceptors (Lipinski definition) is 0. The van der Waals surface area contributed by atoms with Gasteiger partial charge in [0.2, 0.25) is 0 Å². The van der Waals surface area contributed by atoms with Crippen molar-refractivity contribution in [2.24, 2.45) is 5.92 Å². The van der Waals surface area contributed by atoms with Gasteiger partial charge in [0.25, 0.3) is 0 Å². The zero-order chi connectivity index (χ0) is 13.8. The lowest BCUT2D eigenvalue weighted by Crippen LogP contribution is -3.22. The molecule has 0 atom stereocenters. The van der Waals surface area contributed by atoms with Crippen LogP contribution in [0.1, 0.15) is 71.1 Å². The van der Waals surface area contributed by atoms with Crippen LogP contribution in [-0.2, 0) is 0 Å². The first-order valence-corrected chi connectivity index (χ1v) is 9.52. The van der Waals surface area contributed by atoms with Crippen LogP contribution in [-0.4, -0.2) is 38.3 Å². The Bertz CT molecular complexity index is 267. The standard InChI is InChI=1S/C18H34N2/c1-16-6-8-17(9-7-16)20-14-10-18(11-15-20)19-12-4-2-3-5-13-19/h16-18H,2-15H2,1H3/p+2. The number of rotatable bonds is 2. The molecule has 2 aliphatic heterocycles. The average molecular weight is 280 g/mol. The third-order valence-corrected chi connectivity index (χ3v) is 6.54. The molecule has 0 amide bonds. The van der Waals surface area contributed by atoms with Crippen LogP contribution in [0.4, 0.5) is 0 Å². The van der Waals surface area contributed by atoms with Crippen LogP contribution in [0, 0.1) is 5.92 Å². The van der Waals surface area contributed by atoms with Gasteiger partial charge in [0, 0.05) is 12.8 Å². The van der Waals surface area contributed by atoms with Gasteiger partial charge in [0.15, 0.2) is 0 Å². The fourth-order valence-corrected chi connectivity index (χ4v) is 5.06. The molecule has 2 saturated heterocycles. The van der Waals surface area contributed by atoms with E-state index in [4.69, 9.17) is 0 Å². The topological polar surface area (TPSA) is 8.88 Å². The van der Waals surface area contributed by atoms with Crippen molar-refractivity contribution >= 4 is 0 Å². The first-order chi connectivity index (χ1) is 9.83. The third kappa shape index (κ3) is 3.76. The predicted molar refractivity (Wildman–Crippen MR) is 84.3 cm³/mol. The molecular formula is C18H36N2+2. The number of likely N-dealkylation sites (tertiary alicyclic amines) is 2. The molecule has 1 saturated carbocycles. The molecule has 2 heterocycles. The predicted octanol–water partition coefficient (Wildman–Crippen LogP) is 1.07. The summed E-state index contributed by atoms with van der Waals surface area (Å²) >= 11 is 0. The zero-order valence-electron chi connectivity index (χ0n) is 13.6. The fourth-order valence-electron chi connectivity index (χ4n) is 5.06. The molecule has 0 aromatic rings. The molecular weight excluding hydrogens is 244 g/mol. The highest BCUT2D eigenvalue weighted by Gasteiger charge is 2.34. The monoisotopic (exact) mass is 280 g/mol. The van der Waals surface area contributed by atoms with E-state index in [1.807, 2.05) is 9.80 Å². The molecule has 0 unspecified atom stereocenters. The molecule has 20 heavy (non-hydrogen) atoms. The van der Waals surface area contributed by atoms with Crippen LogP contribution >= 0.6 is 0 Å². The van der Waals surface area contributed by atoms with Crippen LogP contribution in [0.5, 0.6) is 0 Å². The highest BCUT2D eigenvalue weighted by molar-refractivity contribution is 4.71. The SMILES string of the molecule is CC1CCC([NH+]2CCC([NH+]3CCCCCC3)CC2)CC1. The lowest BCUT2D eigenvalue weighted by Gasteiger charge is -2.39. The largest absolute Gasteiger partial charge is 0.332 e. The molecule has 0 aromatic carbocycles. The van der Waals surface area contributed by atoms with E-state index in [0.29, 0.717) is 0 Å². The van der Waals surface area contributed by atoms with E-state index in [2.05, 4.69) is 6.92 Å². The Kier molecular flexibility index (Phi) is 5.39. The van der Waals surface area contributed by atoms with Crippen molar-refractivity contribution in [2.45, 2.75) is 83.2 Å². The van der Waals surface area contributed by atoms with Crippen LogP contribution in [0.2, 0.25) is 0 Å². The lowest BCUT2D eigenvalue weighted by molar-refractivity contribution is -0.968. The second-order valence-corrected chi connectivity index (χ2v) is 7.96. The quantitative estimate of drug-likeness (QED) is 0.749. The molecule has 0 spiro atoms. The summed E-state index contributed by atoms with van der Waals surface area (Å²) in [4.78, 5) is 3.95. The minimum absolute atomic E-state index is 1.00. The van der Waals surface area contributed by atoms with Crippen molar-refractivity contribution in [3.63, 3.8) is 0 Å². The summed E-state index contributed by atoms with van der Waals surface area (Å²) < 4.78 is 0. The zero-order valence-corrected chi connectivity index (χ0v) is 13.6. The molecule has 0 aromatic heterocycles. The van der Waals surface area contributed by atoms with E-state index < -0.39 is 0 Å². The number of quaternary nitrogens is 2. The molecule has 116 valence electrons. The fraction of sp³-hybridized carbons (Fsp3) is 1.00. The third-order valence-electron chi connectivity index (χ3n) is 6.54. The van der Waals surface area contributed by atoms with Crippen molar-refractivity contribution in [1.29, 1.82) is 0 Å². The minimum Gasteiger partial charge on any atom is -0.332 e. The van der Waals surface area contributed by atoms with Crippen LogP contribution in [0.3, 0.4) is 0 Å². The van der Waals surface area contributed by atoms with E-state index in [9.17, 15) is 0 Å². The van der Waals surface area contributed by atoms with Gasteiger partial charge in [-0.3, -0.25) is 0 Å². The van der Waals surface area contributed by atoms with E-state index in [-0.39, 0.29) is 0 Å². The van der Waals surface area contributed by atoms with E-state index in [1.165, 1.54) is 90.4 Å².